The van der Waals surface area contributed by atoms with Gasteiger partial charge in [0, 0.05) is 25.7 Å². The van der Waals surface area contributed by atoms with E-state index in [1.165, 1.54) is 0 Å². The van der Waals surface area contributed by atoms with Crippen LogP contribution in [0, 0.1) is 5.92 Å². The highest BCUT2D eigenvalue weighted by Gasteiger charge is 2.25. The molecule has 0 radical (unpaired) electrons. The minimum Gasteiger partial charge on any atom is -0.338 e. The number of carbonyl (C=O) groups is 1. The summed E-state index contributed by atoms with van der Waals surface area (Å²) in [5.74, 6) is 0.931. The van der Waals surface area contributed by atoms with Gasteiger partial charge in [-0.3, -0.25) is 9.69 Å². The molecule has 0 bridgehead atoms. The summed E-state index contributed by atoms with van der Waals surface area (Å²) in [5.41, 5.74) is 0. The summed E-state index contributed by atoms with van der Waals surface area (Å²) in [6.07, 6.45) is 0. The van der Waals surface area contributed by atoms with Gasteiger partial charge in [0.2, 0.25) is 5.91 Å². The van der Waals surface area contributed by atoms with Gasteiger partial charge in [-0.05, 0) is 19.8 Å². The van der Waals surface area contributed by atoms with Gasteiger partial charge in [0.25, 0.3) is 0 Å². The van der Waals surface area contributed by atoms with E-state index < -0.39 is 0 Å². The maximum absolute atomic E-state index is 11.7. The van der Waals surface area contributed by atoms with Crippen LogP contribution in [-0.2, 0) is 4.79 Å². The number of amides is 1. The third-order valence-corrected chi connectivity index (χ3v) is 2.58. The molecule has 0 aliphatic carbocycles. The van der Waals surface area contributed by atoms with Gasteiger partial charge in [0.15, 0.2) is 0 Å². The van der Waals surface area contributed by atoms with Gasteiger partial charge >= 0.3 is 0 Å². The molecule has 0 aromatic rings. The number of hydrogen-bond acceptors (Lipinski definition) is 2. The van der Waals surface area contributed by atoms with E-state index in [-0.39, 0.29) is 5.91 Å². The number of rotatable bonds is 3. The molecule has 3 nitrogen and oxygen atoms in total. The lowest BCUT2D eigenvalue weighted by molar-refractivity contribution is -0.138. The van der Waals surface area contributed by atoms with Crippen LogP contribution in [0.1, 0.15) is 27.7 Å². The van der Waals surface area contributed by atoms with Crippen molar-refractivity contribution >= 4 is 5.91 Å². The van der Waals surface area contributed by atoms with Gasteiger partial charge in [0.05, 0.1) is 6.54 Å². The van der Waals surface area contributed by atoms with Crippen molar-refractivity contribution in [2.75, 3.05) is 26.2 Å². The first-order chi connectivity index (χ1) is 6.50. The molecule has 0 aromatic carbocycles. The fourth-order valence-corrected chi connectivity index (χ4v) is 1.95. The Labute approximate surface area is 87.1 Å². The van der Waals surface area contributed by atoms with Crippen LogP contribution in [0.15, 0.2) is 0 Å². The molecule has 0 aromatic heterocycles. The van der Waals surface area contributed by atoms with E-state index in [2.05, 4.69) is 32.6 Å². The molecular weight excluding hydrogens is 176 g/mol. The fourth-order valence-electron chi connectivity index (χ4n) is 1.95. The van der Waals surface area contributed by atoms with E-state index in [0.717, 1.165) is 19.6 Å². The SMILES string of the molecule is CC(C)CN1CCN(C(C)C)C(=O)C1. The minimum atomic E-state index is 0.284. The quantitative estimate of drug-likeness (QED) is 0.680. The van der Waals surface area contributed by atoms with Gasteiger partial charge in [-0.15, -0.1) is 0 Å². The zero-order chi connectivity index (χ0) is 10.7. The Hall–Kier alpha value is -0.570. The molecule has 1 aliphatic heterocycles. The Morgan fingerprint density at radius 1 is 1.21 bits per heavy atom. The summed E-state index contributed by atoms with van der Waals surface area (Å²) >= 11 is 0. The van der Waals surface area contributed by atoms with E-state index in [0.29, 0.717) is 18.5 Å². The second-order valence-electron chi connectivity index (χ2n) is 4.81. The van der Waals surface area contributed by atoms with Gasteiger partial charge in [-0.1, -0.05) is 13.8 Å². The largest absolute Gasteiger partial charge is 0.338 e. The average molecular weight is 198 g/mol. The second kappa shape index (κ2) is 4.78. The lowest BCUT2D eigenvalue weighted by Gasteiger charge is -2.37. The molecule has 3 heteroatoms. The van der Waals surface area contributed by atoms with E-state index in [1.54, 1.807) is 0 Å². The van der Waals surface area contributed by atoms with Crippen LogP contribution in [-0.4, -0.2) is 47.9 Å². The zero-order valence-corrected chi connectivity index (χ0v) is 9.79. The van der Waals surface area contributed by atoms with E-state index in [9.17, 15) is 4.79 Å². The zero-order valence-electron chi connectivity index (χ0n) is 9.79. The first-order valence-electron chi connectivity index (χ1n) is 5.52. The molecular formula is C11H22N2O. The van der Waals surface area contributed by atoms with Crippen molar-refractivity contribution < 1.29 is 4.79 Å². The Morgan fingerprint density at radius 3 is 2.29 bits per heavy atom. The van der Waals surface area contributed by atoms with Crippen molar-refractivity contribution in [1.82, 2.24) is 9.80 Å². The summed E-state index contributed by atoms with van der Waals surface area (Å²) in [6, 6.07) is 0.351. The predicted octanol–water partition coefficient (Wildman–Crippen LogP) is 1.20. The van der Waals surface area contributed by atoms with Gasteiger partial charge in [0.1, 0.15) is 0 Å². The number of piperazine rings is 1. The second-order valence-corrected chi connectivity index (χ2v) is 4.81. The van der Waals surface area contributed by atoms with Gasteiger partial charge in [-0.2, -0.15) is 0 Å². The summed E-state index contributed by atoms with van der Waals surface area (Å²) in [5, 5.41) is 0. The van der Waals surface area contributed by atoms with E-state index in [1.807, 2.05) is 4.90 Å². The van der Waals surface area contributed by atoms with Crippen LogP contribution in [0.4, 0.5) is 0 Å². The van der Waals surface area contributed by atoms with Crippen molar-refractivity contribution in [3.8, 4) is 0 Å². The van der Waals surface area contributed by atoms with Crippen molar-refractivity contribution in [3.05, 3.63) is 0 Å². The first-order valence-corrected chi connectivity index (χ1v) is 5.52. The minimum absolute atomic E-state index is 0.284. The first kappa shape index (κ1) is 11.5. The highest BCUT2D eigenvalue weighted by Crippen LogP contribution is 2.09. The monoisotopic (exact) mass is 198 g/mol. The van der Waals surface area contributed by atoms with Gasteiger partial charge in [-0.25, -0.2) is 0 Å². The Kier molecular flexibility index (Phi) is 3.93. The molecule has 1 rings (SSSR count). The highest BCUT2D eigenvalue weighted by molar-refractivity contribution is 5.79. The Morgan fingerprint density at radius 2 is 1.86 bits per heavy atom. The van der Waals surface area contributed by atoms with Crippen molar-refractivity contribution in [2.45, 2.75) is 33.7 Å². The average Bonchev–Trinajstić information content (AvgIpc) is 2.01. The van der Waals surface area contributed by atoms with Crippen molar-refractivity contribution in [3.63, 3.8) is 0 Å². The van der Waals surface area contributed by atoms with Crippen LogP contribution in [0.2, 0.25) is 0 Å². The molecule has 0 saturated carbocycles. The normalized spacial score (nSPS) is 19.9. The van der Waals surface area contributed by atoms with Crippen LogP contribution >= 0.6 is 0 Å². The van der Waals surface area contributed by atoms with Crippen molar-refractivity contribution in [2.24, 2.45) is 5.92 Å². The topological polar surface area (TPSA) is 23.6 Å². The molecule has 0 N–H and O–H groups in total. The summed E-state index contributed by atoms with van der Waals surface area (Å²) in [4.78, 5) is 15.9. The summed E-state index contributed by atoms with van der Waals surface area (Å²) in [7, 11) is 0. The lowest BCUT2D eigenvalue weighted by atomic mass is 10.1. The molecule has 1 amide bonds. The Balaban J connectivity index is 2.43. The van der Waals surface area contributed by atoms with Crippen LogP contribution in [0.3, 0.4) is 0 Å². The molecule has 0 atom stereocenters. The van der Waals surface area contributed by atoms with Gasteiger partial charge < -0.3 is 4.90 Å². The third kappa shape index (κ3) is 2.98. The molecule has 1 heterocycles. The molecule has 1 aliphatic rings. The third-order valence-electron chi connectivity index (χ3n) is 2.58. The molecule has 14 heavy (non-hydrogen) atoms. The number of nitrogens with zero attached hydrogens (tertiary/aromatic N) is 2. The molecule has 1 fully saturated rings. The highest BCUT2D eigenvalue weighted by atomic mass is 16.2. The fraction of sp³-hybridized carbons (Fsp3) is 0.909. The van der Waals surface area contributed by atoms with Crippen molar-refractivity contribution in [1.29, 1.82) is 0 Å². The number of carbonyl (C=O) groups excluding carboxylic acids is 1. The smallest absolute Gasteiger partial charge is 0.237 e. The summed E-state index contributed by atoms with van der Waals surface area (Å²) < 4.78 is 0. The van der Waals surface area contributed by atoms with Crippen LogP contribution in [0.25, 0.3) is 0 Å². The van der Waals surface area contributed by atoms with E-state index >= 15 is 0 Å². The maximum Gasteiger partial charge on any atom is 0.237 e. The van der Waals surface area contributed by atoms with Crippen LogP contribution < -0.4 is 0 Å². The predicted molar refractivity (Wildman–Crippen MR) is 58.1 cm³/mol. The molecule has 82 valence electrons. The number of hydrogen-bond donors (Lipinski definition) is 0. The van der Waals surface area contributed by atoms with Crippen LogP contribution in [0.5, 0.6) is 0 Å². The lowest BCUT2D eigenvalue weighted by Crippen LogP contribution is -2.53. The molecule has 1 saturated heterocycles. The Bertz CT molecular complexity index is 201. The van der Waals surface area contributed by atoms with E-state index in [4.69, 9.17) is 0 Å². The standard InChI is InChI=1S/C11H22N2O/c1-9(2)7-12-5-6-13(10(3)4)11(14)8-12/h9-10H,5-8H2,1-4H3. The molecule has 0 unspecified atom stereocenters. The maximum atomic E-state index is 11.7. The molecule has 0 spiro atoms. The summed E-state index contributed by atoms with van der Waals surface area (Å²) in [6.45, 7) is 12.1.